The van der Waals surface area contributed by atoms with E-state index in [0.29, 0.717) is 12.8 Å². The van der Waals surface area contributed by atoms with Crippen molar-refractivity contribution < 1.29 is 24.5 Å². The molecule has 1 fully saturated rings. The molecule has 0 aromatic heterocycles. The van der Waals surface area contributed by atoms with Crippen LogP contribution < -0.4 is 0 Å². The van der Waals surface area contributed by atoms with Gasteiger partial charge in [0.1, 0.15) is 0 Å². The smallest absolute Gasteiger partial charge is 0.323 e. The molecule has 5 heteroatoms. The van der Waals surface area contributed by atoms with Gasteiger partial charge in [-0.2, -0.15) is 0 Å². The Balaban J connectivity index is 2.78. The van der Waals surface area contributed by atoms with Crippen molar-refractivity contribution in [3.8, 4) is 0 Å². The Kier molecular flexibility index (Phi) is 3.68. The van der Waals surface area contributed by atoms with Crippen LogP contribution in [0.1, 0.15) is 25.7 Å². The molecule has 5 nitrogen and oxygen atoms in total. The van der Waals surface area contributed by atoms with Crippen LogP contribution >= 0.6 is 0 Å². The van der Waals surface area contributed by atoms with Gasteiger partial charge in [-0.25, -0.2) is 0 Å². The third-order valence-corrected chi connectivity index (χ3v) is 3.20. The van der Waals surface area contributed by atoms with Crippen molar-refractivity contribution in [2.24, 2.45) is 11.3 Å². The van der Waals surface area contributed by atoms with Crippen LogP contribution in [0.2, 0.25) is 0 Å². The molecule has 0 aliphatic heterocycles. The van der Waals surface area contributed by atoms with E-state index in [-0.39, 0.29) is 25.4 Å². The van der Waals surface area contributed by atoms with Gasteiger partial charge in [-0.15, -0.1) is 0 Å². The number of carboxylic acid groups (broad SMARTS) is 1. The van der Waals surface area contributed by atoms with Crippen LogP contribution in [0.5, 0.6) is 0 Å². The van der Waals surface area contributed by atoms with Crippen molar-refractivity contribution in [2.75, 3.05) is 13.7 Å². The molecule has 0 bridgehead atoms. The lowest BCUT2D eigenvalue weighted by molar-refractivity contribution is -0.170. The molecule has 1 saturated carbocycles. The predicted octanol–water partition coefficient (Wildman–Crippen LogP) is 0.413. The SMILES string of the molecule is COC(=O)C1(C(=O)O)CCC(CO)CC1. The third-order valence-electron chi connectivity index (χ3n) is 3.20. The molecule has 1 rings (SSSR count). The first-order valence-electron chi connectivity index (χ1n) is 4.99. The molecule has 0 atom stereocenters. The zero-order valence-corrected chi connectivity index (χ0v) is 8.73. The normalized spacial score (nSPS) is 30.9. The van der Waals surface area contributed by atoms with Crippen molar-refractivity contribution in [3.05, 3.63) is 0 Å². The highest BCUT2D eigenvalue weighted by atomic mass is 16.5. The highest BCUT2D eigenvalue weighted by molar-refractivity contribution is 5.99. The summed E-state index contributed by atoms with van der Waals surface area (Å²) in [4.78, 5) is 22.6. The van der Waals surface area contributed by atoms with Crippen molar-refractivity contribution in [3.63, 3.8) is 0 Å². The molecule has 0 aromatic carbocycles. The number of carbonyl (C=O) groups excluding carboxylic acids is 1. The Morgan fingerprint density at radius 1 is 1.40 bits per heavy atom. The molecule has 0 aromatic rings. The Morgan fingerprint density at radius 2 is 1.93 bits per heavy atom. The average Bonchev–Trinajstić information content (AvgIpc) is 2.27. The first-order chi connectivity index (χ1) is 7.06. The second-order valence-corrected chi connectivity index (χ2v) is 4.00. The molecule has 2 N–H and O–H groups in total. The number of esters is 1. The molecule has 0 unspecified atom stereocenters. The van der Waals surface area contributed by atoms with E-state index in [2.05, 4.69) is 4.74 Å². The lowest BCUT2D eigenvalue weighted by Gasteiger charge is -2.33. The topological polar surface area (TPSA) is 83.8 Å². The van der Waals surface area contributed by atoms with Gasteiger partial charge in [-0.1, -0.05) is 0 Å². The van der Waals surface area contributed by atoms with Crippen molar-refractivity contribution in [2.45, 2.75) is 25.7 Å². The first kappa shape index (κ1) is 12.0. The first-order valence-corrected chi connectivity index (χ1v) is 4.99. The average molecular weight is 216 g/mol. The molecule has 0 heterocycles. The predicted molar refractivity (Wildman–Crippen MR) is 51.1 cm³/mol. The lowest BCUT2D eigenvalue weighted by atomic mass is 9.70. The van der Waals surface area contributed by atoms with Crippen LogP contribution in [0.3, 0.4) is 0 Å². The van der Waals surface area contributed by atoms with E-state index in [1.165, 1.54) is 7.11 Å². The molecule has 1 aliphatic rings. The maximum atomic E-state index is 11.5. The second kappa shape index (κ2) is 4.61. The molecule has 0 saturated heterocycles. The summed E-state index contributed by atoms with van der Waals surface area (Å²) in [5.41, 5.74) is -1.39. The van der Waals surface area contributed by atoms with Crippen LogP contribution in [0.15, 0.2) is 0 Å². The van der Waals surface area contributed by atoms with Crippen LogP contribution in [-0.4, -0.2) is 35.9 Å². The van der Waals surface area contributed by atoms with Crippen LogP contribution in [0.25, 0.3) is 0 Å². The Bertz CT molecular complexity index is 253. The van der Waals surface area contributed by atoms with Gasteiger partial charge >= 0.3 is 11.9 Å². The van der Waals surface area contributed by atoms with E-state index in [4.69, 9.17) is 10.2 Å². The lowest BCUT2D eigenvalue weighted by Crippen LogP contribution is -2.43. The van der Waals surface area contributed by atoms with Crippen LogP contribution in [-0.2, 0) is 14.3 Å². The zero-order valence-electron chi connectivity index (χ0n) is 8.73. The fraction of sp³-hybridized carbons (Fsp3) is 0.800. The van der Waals surface area contributed by atoms with Crippen LogP contribution in [0.4, 0.5) is 0 Å². The highest BCUT2D eigenvalue weighted by Crippen LogP contribution is 2.40. The summed E-state index contributed by atoms with van der Waals surface area (Å²) in [6, 6.07) is 0. The maximum Gasteiger partial charge on any atom is 0.323 e. The summed E-state index contributed by atoms with van der Waals surface area (Å²) in [5, 5.41) is 18.0. The van der Waals surface area contributed by atoms with Gasteiger partial charge in [0.2, 0.25) is 0 Å². The van der Waals surface area contributed by atoms with E-state index < -0.39 is 17.4 Å². The van der Waals surface area contributed by atoms with Gasteiger partial charge in [0.15, 0.2) is 5.41 Å². The van der Waals surface area contributed by atoms with Gasteiger partial charge in [0, 0.05) is 6.61 Å². The summed E-state index contributed by atoms with van der Waals surface area (Å²) in [7, 11) is 1.20. The van der Waals surface area contributed by atoms with Gasteiger partial charge in [-0.05, 0) is 31.6 Å². The summed E-state index contributed by atoms with van der Waals surface area (Å²) in [6.07, 6.45) is 1.61. The number of carboxylic acids is 1. The second-order valence-electron chi connectivity index (χ2n) is 4.00. The Morgan fingerprint density at radius 3 is 2.27 bits per heavy atom. The van der Waals surface area contributed by atoms with Crippen molar-refractivity contribution >= 4 is 11.9 Å². The molecule has 0 radical (unpaired) electrons. The molecular formula is C10H16O5. The van der Waals surface area contributed by atoms with E-state index in [9.17, 15) is 9.59 Å². The van der Waals surface area contributed by atoms with Crippen LogP contribution in [0, 0.1) is 11.3 Å². The molecule has 86 valence electrons. The molecule has 1 aliphatic carbocycles. The van der Waals surface area contributed by atoms with Crippen molar-refractivity contribution in [1.29, 1.82) is 0 Å². The number of carbonyl (C=O) groups is 2. The number of hydrogen-bond donors (Lipinski definition) is 2. The zero-order chi connectivity index (χ0) is 11.5. The van der Waals surface area contributed by atoms with E-state index in [1.54, 1.807) is 0 Å². The summed E-state index contributed by atoms with van der Waals surface area (Å²) in [5.74, 6) is -1.68. The number of methoxy groups -OCH3 is 1. The number of aliphatic carboxylic acids is 1. The quantitative estimate of drug-likeness (QED) is 0.527. The largest absolute Gasteiger partial charge is 0.480 e. The highest BCUT2D eigenvalue weighted by Gasteiger charge is 2.49. The number of ether oxygens (including phenoxy) is 1. The molecular weight excluding hydrogens is 200 g/mol. The Labute approximate surface area is 88.0 Å². The minimum absolute atomic E-state index is 0.0525. The van der Waals surface area contributed by atoms with Gasteiger partial charge < -0.3 is 14.9 Å². The van der Waals surface area contributed by atoms with Crippen molar-refractivity contribution in [1.82, 2.24) is 0 Å². The third kappa shape index (κ3) is 2.12. The van der Waals surface area contributed by atoms with Gasteiger partial charge in [-0.3, -0.25) is 9.59 Å². The standard InChI is InChI=1S/C10H16O5/c1-15-9(14)10(8(12)13)4-2-7(6-11)3-5-10/h7,11H,2-6H2,1H3,(H,12,13). The minimum Gasteiger partial charge on any atom is -0.480 e. The van der Waals surface area contributed by atoms with E-state index >= 15 is 0 Å². The van der Waals surface area contributed by atoms with Gasteiger partial charge in [0.25, 0.3) is 0 Å². The number of aliphatic hydroxyl groups is 1. The maximum absolute atomic E-state index is 11.5. The summed E-state index contributed by atoms with van der Waals surface area (Å²) >= 11 is 0. The number of rotatable bonds is 3. The minimum atomic E-state index is -1.39. The monoisotopic (exact) mass is 216 g/mol. The van der Waals surface area contributed by atoms with E-state index in [0.717, 1.165) is 0 Å². The molecule has 0 amide bonds. The fourth-order valence-electron chi connectivity index (χ4n) is 2.05. The Hall–Kier alpha value is -1.10. The number of aliphatic hydroxyl groups excluding tert-OH is 1. The van der Waals surface area contributed by atoms with E-state index in [1.807, 2.05) is 0 Å². The summed E-state index contributed by atoms with van der Waals surface area (Å²) < 4.78 is 4.54. The van der Waals surface area contributed by atoms with Gasteiger partial charge in [0.05, 0.1) is 7.11 Å². The molecule has 0 spiro atoms. The number of hydrogen-bond acceptors (Lipinski definition) is 4. The summed E-state index contributed by atoms with van der Waals surface area (Å²) in [6.45, 7) is 0.0525. The molecule has 15 heavy (non-hydrogen) atoms. The fourth-order valence-corrected chi connectivity index (χ4v) is 2.05.